The number of nitrogens with zero attached hydrogens (tertiary/aromatic N) is 1. The van der Waals surface area contributed by atoms with Gasteiger partial charge in [-0.3, -0.25) is 9.69 Å². The van der Waals surface area contributed by atoms with Crippen LogP contribution in [0.4, 0.5) is 20.6 Å². The van der Waals surface area contributed by atoms with Crippen molar-refractivity contribution >= 4 is 23.3 Å². The molecule has 0 spiro atoms. The molecule has 6 nitrogen and oxygen atoms in total. The minimum absolute atomic E-state index is 0.0220. The Balaban J connectivity index is 1.41. The van der Waals surface area contributed by atoms with Crippen LogP contribution in [0.1, 0.15) is 24.5 Å². The standard InChI is InChI=1S/C20H23FN4O2/c1-14(26)23-17-7-8-18(21)19(11-17)24-20(27)22-9-4-10-25-12-15-5-2-3-6-16(15)13-25/h2-3,5-8,11H,4,9-10,12-13H2,1H3,(H,23,26)(H2,22,24,27). The highest BCUT2D eigenvalue weighted by molar-refractivity contribution is 5.92. The minimum Gasteiger partial charge on any atom is -0.338 e. The summed E-state index contributed by atoms with van der Waals surface area (Å²) < 4.78 is 13.8. The van der Waals surface area contributed by atoms with Gasteiger partial charge in [-0.05, 0) is 35.7 Å². The third-order valence-corrected chi connectivity index (χ3v) is 4.38. The maximum Gasteiger partial charge on any atom is 0.319 e. The number of amides is 3. The molecule has 0 bridgehead atoms. The third-order valence-electron chi connectivity index (χ3n) is 4.38. The van der Waals surface area contributed by atoms with Crippen molar-refractivity contribution in [3.05, 3.63) is 59.4 Å². The molecule has 0 aromatic heterocycles. The molecule has 1 aliphatic rings. The minimum atomic E-state index is -0.561. The SMILES string of the molecule is CC(=O)Nc1ccc(F)c(NC(=O)NCCCN2Cc3ccccc3C2)c1. The molecule has 0 aliphatic carbocycles. The maximum absolute atomic E-state index is 13.8. The van der Waals surface area contributed by atoms with Gasteiger partial charge in [0.15, 0.2) is 0 Å². The van der Waals surface area contributed by atoms with Crippen LogP contribution in [0, 0.1) is 5.82 Å². The molecule has 142 valence electrons. The largest absolute Gasteiger partial charge is 0.338 e. The number of halogens is 1. The van der Waals surface area contributed by atoms with E-state index in [0.29, 0.717) is 12.2 Å². The lowest BCUT2D eigenvalue weighted by Crippen LogP contribution is -2.31. The van der Waals surface area contributed by atoms with E-state index < -0.39 is 11.8 Å². The number of rotatable bonds is 6. The smallest absolute Gasteiger partial charge is 0.319 e. The molecule has 0 saturated carbocycles. The fourth-order valence-electron chi connectivity index (χ4n) is 3.13. The molecule has 3 amide bonds. The molecule has 1 heterocycles. The van der Waals surface area contributed by atoms with E-state index in [4.69, 9.17) is 0 Å². The van der Waals surface area contributed by atoms with Gasteiger partial charge in [0.25, 0.3) is 0 Å². The number of carbonyl (C=O) groups is 2. The molecular formula is C20H23FN4O2. The number of benzene rings is 2. The van der Waals surface area contributed by atoms with E-state index in [2.05, 4.69) is 33.0 Å². The second-order valence-corrected chi connectivity index (χ2v) is 6.59. The average molecular weight is 370 g/mol. The normalized spacial score (nSPS) is 13.1. The molecule has 3 N–H and O–H groups in total. The fourth-order valence-corrected chi connectivity index (χ4v) is 3.13. The lowest BCUT2D eigenvalue weighted by Gasteiger charge is -2.15. The number of carbonyl (C=O) groups excluding carboxylic acids is 2. The van der Waals surface area contributed by atoms with Crippen LogP contribution in [0.5, 0.6) is 0 Å². The van der Waals surface area contributed by atoms with Gasteiger partial charge in [-0.15, -0.1) is 0 Å². The highest BCUT2D eigenvalue weighted by atomic mass is 19.1. The van der Waals surface area contributed by atoms with E-state index in [-0.39, 0.29) is 11.6 Å². The Hall–Kier alpha value is -2.93. The van der Waals surface area contributed by atoms with Gasteiger partial charge in [0.2, 0.25) is 5.91 Å². The van der Waals surface area contributed by atoms with Crippen molar-refractivity contribution in [1.29, 1.82) is 0 Å². The summed E-state index contributed by atoms with van der Waals surface area (Å²) in [7, 11) is 0. The number of fused-ring (bicyclic) bond motifs is 1. The zero-order valence-corrected chi connectivity index (χ0v) is 15.2. The first-order valence-corrected chi connectivity index (χ1v) is 8.92. The molecule has 7 heteroatoms. The summed E-state index contributed by atoms with van der Waals surface area (Å²) in [6, 6.07) is 11.9. The van der Waals surface area contributed by atoms with E-state index >= 15 is 0 Å². The van der Waals surface area contributed by atoms with E-state index in [1.165, 1.54) is 36.2 Å². The highest BCUT2D eigenvalue weighted by Crippen LogP contribution is 2.22. The second-order valence-electron chi connectivity index (χ2n) is 6.59. The molecule has 0 saturated heterocycles. The van der Waals surface area contributed by atoms with E-state index in [1.54, 1.807) is 0 Å². The van der Waals surface area contributed by atoms with Crippen molar-refractivity contribution < 1.29 is 14.0 Å². The van der Waals surface area contributed by atoms with Gasteiger partial charge in [-0.25, -0.2) is 9.18 Å². The Morgan fingerprint density at radius 1 is 1.07 bits per heavy atom. The summed E-state index contributed by atoms with van der Waals surface area (Å²) in [5.41, 5.74) is 3.16. The van der Waals surface area contributed by atoms with Crippen molar-refractivity contribution in [3.63, 3.8) is 0 Å². The van der Waals surface area contributed by atoms with E-state index in [1.807, 2.05) is 12.1 Å². The number of anilines is 2. The molecular weight excluding hydrogens is 347 g/mol. The predicted molar refractivity (Wildman–Crippen MR) is 103 cm³/mol. The Labute approximate surface area is 157 Å². The molecule has 27 heavy (non-hydrogen) atoms. The van der Waals surface area contributed by atoms with Crippen LogP contribution in [0.3, 0.4) is 0 Å². The van der Waals surface area contributed by atoms with Gasteiger partial charge in [0.05, 0.1) is 5.69 Å². The number of nitrogens with one attached hydrogen (secondary N) is 3. The zero-order valence-electron chi connectivity index (χ0n) is 15.2. The van der Waals surface area contributed by atoms with Gasteiger partial charge in [0.1, 0.15) is 5.82 Å². The summed E-state index contributed by atoms with van der Waals surface area (Å²) >= 11 is 0. The fraction of sp³-hybridized carbons (Fsp3) is 0.300. The van der Waals surface area contributed by atoms with Gasteiger partial charge in [-0.2, -0.15) is 0 Å². The molecule has 0 fully saturated rings. The van der Waals surface area contributed by atoms with Crippen molar-refractivity contribution in [2.75, 3.05) is 23.7 Å². The Morgan fingerprint density at radius 2 is 1.78 bits per heavy atom. The average Bonchev–Trinajstić information content (AvgIpc) is 3.04. The lowest BCUT2D eigenvalue weighted by atomic mass is 10.1. The van der Waals surface area contributed by atoms with Crippen LogP contribution in [0.25, 0.3) is 0 Å². The van der Waals surface area contributed by atoms with Crippen LogP contribution in [-0.4, -0.2) is 29.9 Å². The molecule has 2 aromatic carbocycles. The van der Waals surface area contributed by atoms with Crippen molar-refractivity contribution in [2.24, 2.45) is 0 Å². The molecule has 0 atom stereocenters. The highest BCUT2D eigenvalue weighted by Gasteiger charge is 2.17. The molecule has 0 unspecified atom stereocenters. The first-order chi connectivity index (χ1) is 13.0. The molecule has 3 rings (SSSR count). The molecule has 1 aliphatic heterocycles. The number of hydrogen-bond acceptors (Lipinski definition) is 3. The number of urea groups is 1. The molecule has 2 aromatic rings. The third kappa shape index (κ3) is 5.27. The summed E-state index contributed by atoms with van der Waals surface area (Å²) in [6.07, 6.45) is 0.801. The lowest BCUT2D eigenvalue weighted by molar-refractivity contribution is -0.114. The van der Waals surface area contributed by atoms with Gasteiger partial charge >= 0.3 is 6.03 Å². The monoisotopic (exact) mass is 370 g/mol. The van der Waals surface area contributed by atoms with Gasteiger partial charge < -0.3 is 16.0 Å². The quantitative estimate of drug-likeness (QED) is 0.683. The predicted octanol–water partition coefficient (Wildman–Crippen LogP) is 3.31. The van der Waals surface area contributed by atoms with Crippen molar-refractivity contribution in [2.45, 2.75) is 26.4 Å². The summed E-state index contributed by atoms with van der Waals surface area (Å²) in [6.45, 7) is 4.60. The van der Waals surface area contributed by atoms with Gasteiger partial charge in [0, 0.05) is 38.8 Å². The topological polar surface area (TPSA) is 73.5 Å². The Morgan fingerprint density at radius 3 is 2.44 bits per heavy atom. The van der Waals surface area contributed by atoms with E-state index in [0.717, 1.165) is 26.1 Å². The van der Waals surface area contributed by atoms with Crippen molar-refractivity contribution in [3.8, 4) is 0 Å². The van der Waals surface area contributed by atoms with E-state index in [9.17, 15) is 14.0 Å². The first kappa shape index (κ1) is 18.8. The number of hydrogen-bond donors (Lipinski definition) is 3. The first-order valence-electron chi connectivity index (χ1n) is 8.92. The van der Waals surface area contributed by atoms with Crippen LogP contribution in [-0.2, 0) is 17.9 Å². The van der Waals surface area contributed by atoms with Crippen LogP contribution in [0.15, 0.2) is 42.5 Å². The molecule has 0 radical (unpaired) electrons. The van der Waals surface area contributed by atoms with Crippen molar-refractivity contribution in [1.82, 2.24) is 10.2 Å². The van der Waals surface area contributed by atoms with Crippen LogP contribution in [0.2, 0.25) is 0 Å². The summed E-state index contributed by atoms with van der Waals surface area (Å²) in [4.78, 5) is 25.4. The van der Waals surface area contributed by atoms with Gasteiger partial charge in [-0.1, -0.05) is 24.3 Å². The second kappa shape index (κ2) is 8.64. The Kier molecular flexibility index (Phi) is 6.03. The Bertz CT molecular complexity index is 815. The summed E-state index contributed by atoms with van der Waals surface area (Å²) in [5, 5.41) is 7.76. The van der Waals surface area contributed by atoms with Crippen LogP contribution >= 0.6 is 0 Å². The zero-order chi connectivity index (χ0) is 19.2. The summed E-state index contributed by atoms with van der Waals surface area (Å²) in [5.74, 6) is -0.824. The van der Waals surface area contributed by atoms with Crippen LogP contribution < -0.4 is 16.0 Å². The maximum atomic E-state index is 13.8.